The first-order valence-corrected chi connectivity index (χ1v) is 45.7. The smallest absolute Gasteiger partial charge is 0.323 e. The van der Waals surface area contributed by atoms with Gasteiger partial charge in [0.05, 0.1) is 37.8 Å². The van der Waals surface area contributed by atoms with Gasteiger partial charge in [0.15, 0.2) is 0 Å². The summed E-state index contributed by atoms with van der Waals surface area (Å²) >= 11 is 0.727. The maximum absolute atomic E-state index is 15.8. The van der Waals surface area contributed by atoms with Crippen LogP contribution in [0.1, 0.15) is 120 Å². The van der Waals surface area contributed by atoms with Crippen LogP contribution >= 0.6 is 11.8 Å². The third-order valence-corrected chi connectivity index (χ3v) is 25.0. The molecule has 3 saturated heterocycles. The molecule has 0 bridgehead atoms. The first-order valence-electron chi connectivity index (χ1n) is 44.6. The number of nitrogens with one attached hydrogen (secondary N) is 12. The fourth-order valence-electron chi connectivity index (χ4n) is 16.5. The fraction of sp³-hybridized carbons (Fsp3) is 0.506. The van der Waals surface area contributed by atoms with E-state index in [4.69, 9.17) is 17.2 Å². The number of unbranched alkanes of at least 4 members (excludes halogenated alkanes) is 2. The van der Waals surface area contributed by atoms with Gasteiger partial charge in [-0.1, -0.05) is 88.1 Å². The van der Waals surface area contributed by atoms with Crippen molar-refractivity contribution >= 4 is 146 Å². The molecule has 3 fully saturated rings. The number of phenolic OH excluding ortho intramolecular Hbond substituents is 1. The van der Waals surface area contributed by atoms with Crippen molar-refractivity contribution < 1.29 is 117 Å². The summed E-state index contributed by atoms with van der Waals surface area (Å²) in [7, 11) is 3.73. The summed E-state index contributed by atoms with van der Waals surface area (Å²) in [5.74, 6) is -21.6. The van der Waals surface area contributed by atoms with E-state index < -0.39 is 292 Å². The molecule has 0 aliphatic carbocycles. The minimum Gasteiger partial charge on any atom is -0.508 e. The average Bonchev–Trinajstić information content (AvgIpc) is 1.65. The molecule has 46 nitrogen and oxygen atoms in total. The van der Waals surface area contributed by atoms with Crippen molar-refractivity contribution in [2.45, 2.75) is 221 Å². The Morgan fingerprint density at radius 2 is 1.13 bits per heavy atom. The van der Waals surface area contributed by atoms with E-state index in [1.165, 1.54) is 81.8 Å². The van der Waals surface area contributed by atoms with E-state index in [1.807, 2.05) is 0 Å². The third kappa shape index (κ3) is 28.5. The van der Waals surface area contributed by atoms with Crippen LogP contribution in [0.4, 0.5) is 0 Å². The van der Waals surface area contributed by atoms with Crippen molar-refractivity contribution in [3.63, 3.8) is 0 Å². The highest BCUT2D eigenvalue weighted by Gasteiger charge is 2.47. The summed E-state index contributed by atoms with van der Waals surface area (Å²) in [6.45, 7) is 0.845. The highest BCUT2D eigenvalue weighted by molar-refractivity contribution is 8.00. The molecule has 15 atom stereocenters. The molecule has 136 heavy (non-hydrogen) atoms. The number of imidazole rings is 1. The number of aliphatic hydroxyl groups excluding tert-OH is 2. The number of carbonyl (C=O) groups excluding carboxylic acids is 17. The first kappa shape index (κ1) is 106. The number of aromatic nitrogens is 4. The van der Waals surface area contributed by atoms with Crippen LogP contribution in [0.25, 0.3) is 21.8 Å². The highest BCUT2D eigenvalue weighted by Crippen LogP contribution is 2.29. The molecule has 3 aromatic heterocycles. The number of aliphatic carboxylic acids is 2. The molecule has 736 valence electrons. The zero-order valence-electron chi connectivity index (χ0n) is 76.1. The van der Waals surface area contributed by atoms with Crippen LogP contribution in [0.15, 0.2) is 97.7 Å². The number of likely N-dealkylation sites (N-methyl/N-ethyl adjacent to an activating group) is 3. The van der Waals surface area contributed by atoms with Crippen molar-refractivity contribution in [3.05, 3.63) is 120 Å². The zero-order valence-corrected chi connectivity index (χ0v) is 76.9. The number of hydrogen-bond acceptors (Lipinski definition) is 25. The molecule has 0 saturated carbocycles. The Morgan fingerprint density at radius 1 is 0.559 bits per heavy atom. The molecule has 17 amide bonds. The molecule has 3 aliphatic rings. The Balaban J connectivity index is 1.11. The summed E-state index contributed by atoms with van der Waals surface area (Å²) in [6.07, 6.45) is 0.817. The number of para-hydroxylation sites is 2. The largest absolute Gasteiger partial charge is 0.508 e. The SMILES string of the molecule is CCCC[C@H]1C(=O)N(C)[C@@H](CCCC)C(=O)N[C@@H](CN)C(=O)N[C@H](C(=O)NCC(N)=O)CSCC(=O)N[C@@H](Cc2ccc(O)cc2)C(=O)N(C)[C@@H](C)C(=O)N[C@@H](CC(N)=O)C(=O)N2CCC[C@H]2C(=O)N[C@@H](Cc2cnc[nH]2)C(=O)N[C@@H](CCC(=O)O)C(=O)N2C[C@H](O)C[C@H]2C(=O)N[C@@H](Cc2c[nH]c3ccccc23)C(=O)N[C@@H](CO)C(=O)N[C@@H](Cc2cn(CC(=O)O)c3ccccc23)C(=O)N1C. The number of amides is 17. The normalized spacial score (nSPS) is 24.6. The molecule has 3 aromatic carbocycles. The monoisotopic (exact) mass is 1910 g/mol. The van der Waals surface area contributed by atoms with Gasteiger partial charge in [-0.2, -0.15) is 0 Å². The number of nitrogens with two attached hydrogens (primary N) is 3. The van der Waals surface area contributed by atoms with Gasteiger partial charge < -0.3 is 135 Å². The summed E-state index contributed by atoms with van der Waals surface area (Å²) < 4.78 is 1.38. The minimum absolute atomic E-state index is 0.0675. The molecule has 0 radical (unpaired) electrons. The number of benzene rings is 3. The maximum atomic E-state index is 15.8. The lowest BCUT2D eigenvalue weighted by molar-refractivity contribution is -0.149. The summed E-state index contributed by atoms with van der Waals surface area (Å²) in [4.78, 5) is 289. The molecule has 9 rings (SSSR count). The number of hydrogen-bond donors (Lipinski definition) is 20. The van der Waals surface area contributed by atoms with Gasteiger partial charge in [-0.15, -0.1) is 11.8 Å². The van der Waals surface area contributed by atoms with Crippen molar-refractivity contribution in [2.24, 2.45) is 17.2 Å². The third-order valence-electron chi connectivity index (χ3n) is 24.0. The number of aromatic hydroxyl groups is 1. The van der Waals surface area contributed by atoms with Crippen LogP contribution in [-0.4, -0.2) is 338 Å². The van der Waals surface area contributed by atoms with E-state index in [-0.39, 0.29) is 68.5 Å². The second kappa shape index (κ2) is 49.8. The van der Waals surface area contributed by atoms with Gasteiger partial charge in [0.25, 0.3) is 0 Å². The van der Waals surface area contributed by atoms with Crippen LogP contribution in [0, 0.1) is 0 Å². The van der Waals surface area contributed by atoms with Crippen LogP contribution in [0.5, 0.6) is 5.75 Å². The number of phenols is 1. The van der Waals surface area contributed by atoms with E-state index in [2.05, 4.69) is 68.1 Å². The predicted molar refractivity (Wildman–Crippen MR) is 488 cm³/mol. The van der Waals surface area contributed by atoms with E-state index in [0.717, 1.165) is 36.3 Å². The summed E-state index contributed by atoms with van der Waals surface area (Å²) in [5.41, 5.74) is 19.5. The van der Waals surface area contributed by atoms with Gasteiger partial charge >= 0.3 is 11.9 Å². The van der Waals surface area contributed by atoms with Gasteiger partial charge in [-0.05, 0) is 80.0 Å². The van der Waals surface area contributed by atoms with Crippen molar-refractivity contribution in [2.75, 3.05) is 65.4 Å². The van der Waals surface area contributed by atoms with Crippen LogP contribution in [-0.2, 0) is 123 Å². The molecule has 47 heteroatoms. The number of thioether (sulfide) groups is 1. The second-order valence-corrected chi connectivity index (χ2v) is 34.9. The number of aliphatic hydroxyl groups is 2. The number of carbonyl (C=O) groups is 19. The maximum Gasteiger partial charge on any atom is 0.323 e. The number of carboxylic acid groups (broad SMARTS) is 2. The Morgan fingerprint density at radius 3 is 1.77 bits per heavy atom. The number of rotatable bonds is 26. The summed E-state index contributed by atoms with van der Waals surface area (Å²) in [6, 6.07) is -4.76. The average molecular weight is 1910 g/mol. The van der Waals surface area contributed by atoms with E-state index in [1.54, 1.807) is 62.4 Å². The van der Waals surface area contributed by atoms with E-state index in [9.17, 15) is 83.1 Å². The van der Waals surface area contributed by atoms with Crippen molar-refractivity contribution in [1.29, 1.82) is 0 Å². The first-order chi connectivity index (χ1) is 64.7. The second-order valence-electron chi connectivity index (χ2n) is 33.9. The molecule has 3 aliphatic heterocycles. The molecular weight excluding hydrogens is 1790 g/mol. The van der Waals surface area contributed by atoms with Crippen LogP contribution < -0.4 is 70.4 Å². The lowest BCUT2D eigenvalue weighted by Gasteiger charge is -2.36. The standard InChI is InChI=1S/C89H120N22O24S/c1-7-9-19-67-82(128)103-63(36-90)80(126)105-65(77(123)95-39-72(92)116)44-136-45-73(117)97-60(30-48-23-25-52(113)26-24-48)85(131)106(4)47(3)76(122)101-62(35-71(91)115)88(134)110-29-15-22-68(110)83(129)100-59(33-51-38-93-46-96-51)79(125)98-57(27-28-74(118)119)87(133)111-41-53(114)34-70(111)84(130)99-58(31-49-37-94-56-18-13-11-16-54(49)56)78(124)104-64(43-112)81(127)102-61(86(132)108(6)69(20-10-8-2)89(135)107(67)5)32-50-40-109(42-75(120)121)66-21-14-12-17-55(50)66/h11-14,16-18,21,23-26,37-38,40,46-47,53,57-65,67-70,94,112-114H,7-10,15,19-20,22,27-36,39,41-45,90H2,1-6H3,(H2,91,115)(H2,92,116)(H,93,96)(H,95,123)(H,97,117)(H,98,125)(H,99,130)(H,100,129)(H,101,122)(H,102,127)(H,103,128)(H,104,124)(H,105,126)(H,118,119)(H,120,121)/t47-,53+,57-,58-,59-,60-,61-,62-,63-,64-,65-,67-,68-,69-,70-/m0/s1. The van der Waals surface area contributed by atoms with Gasteiger partial charge in [0, 0.05) is 131 Å². The summed E-state index contributed by atoms with van der Waals surface area (Å²) in [5, 5.41) is 79.3. The molecular formula is C89H120N22O24S. The Hall–Kier alpha value is -14.1. The van der Waals surface area contributed by atoms with Gasteiger partial charge in [-0.3, -0.25) is 91.1 Å². The molecule has 6 aromatic rings. The number of H-pyrrole nitrogens is 2. The van der Waals surface area contributed by atoms with Gasteiger partial charge in [-0.25, -0.2) is 4.98 Å². The zero-order chi connectivity index (χ0) is 99.5. The molecule has 0 unspecified atom stereocenters. The number of fused-ring (bicyclic) bond motifs is 4. The van der Waals surface area contributed by atoms with Crippen LogP contribution in [0.2, 0.25) is 0 Å². The highest BCUT2D eigenvalue weighted by atomic mass is 32.2. The Labute approximate surface area is 785 Å². The Kier molecular flexibility index (Phi) is 38.6. The van der Waals surface area contributed by atoms with Crippen molar-refractivity contribution in [3.8, 4) is 5.75 Å². The number of primary amides is 2. The van der Waals surface area contributed by atoms with E-state index in [0.29, 0.717) is 45.8 Å². The molecule has 23 N–H and O–H groups in total. The van der Waals surface area contributed by atoms with E-state index >= 15 is 33.6 Å². The topological polar surface area (TPSA) is 689 Å². The lowest BCUT2D eigenvalue weighted by atomic mass is 10.00. The Bertz CT molecular complexity index is 5340. The predicted octanol–water partition coefficient (Wildman–Crippen LogP) is -4.86. The molecule has 0 spiro atoms. The fourth-order valence-corrected chi connectivity index (χ4v) is 17.4. The number of aromatic amines is 2. The lowest BCUT2D eigenvalue weighted by Crippen LogP contribution is -2.62. The molecule has 6 heterocycles. The van der Waals surface area contributed by atoms with Gasteiger partial charge in [0.2, 0.25) is 100 Å². The number of nitrogens with zero attached hydrogens (tertiary/aromatic N) is 7. The van der Waals surface area contributed by atoms with Crippen LogP contribution in [0.3, 0.4) is 0 Å². The quantitative estimate of drug-likeness (QED) is 0.0242. The number of carboxylic acids is 2. The minimum atomic E-state index is -2.01. The van der Waals surface area contributed by atoms with Crippen molar-refractivity contribution in [1.82, 2.24) is 97.2 Å². The van der Waals surface area contributed by atoms with Gasteiger partial charge in [0.1, 0.15) is 96.9 Å².